The third-order valence-corrected chi connectivity index (χ3v) is 5.89. The van der Waals surface area contributed by atoms with Crippen molar-refractivity contribution in [3.63, 3.8) is 0 Å². The van der Waals surface area contributed by atoms with Crippen molar-refractivity contribution < 1.29 is 8.42 Å². The summed E-state index contributed by atoms with van der Waals surface area (Å²) < 4.78 is 27.4. The van der Waals surface area contributed by atoms with Gasteiger partial charge >= 0.3 is 0 Å². The van der Waals surface area contributed by atoms with E-state index in [1.165, 1.54) is 12.8 Å². The molecule has 0 radical (unpaired) electrons. The van der Waals surface area contributed by atoms with Crippen LogP contribution in [-0.2, 0) is 10.0 Å². The van der Waals surface area contributed by atoms with E-state index in [4.69, 9.17) is 5.73 Å². The summed E-state index contributed by atoms with van der Waals surface area (Å²) in [6.07, 6.45) is 3.68. The van der Waals surface area contributed by atoms with Crippen molar-refractivity contribution in [2.45, 2.75) is 37.1 Å². The number of sulfonamides is 1. The molecule has 1 heterocycles. The molecular formula is C15H23N3O2S. The van der Waals surface area contributed by atoms with Crippen LogP contribution < -0.4 is 10.5 Å². The second kappa shape index (κ2) is 5.59. The highest BCUT2D eigenvalue weighted by atomic mass is 32.2. The van der Waals surface area contributed by atoms with Crippen LogP contribution in [0.2, 0.25) is 0 Å². The Balaban J connectivity index is 1.61. The maximum absolute atomic E-state index is 12.3. The number of aryl methyl sites for hydroxylation is 1. The van der Waals surface area contributed by atoms with Crippen LogP contribution in [0.3, 0.4) is 0 Å². The van der Waals surface area contributed by atoms with Crippen LogP contribution in [0.25, 0.3) is 0 Å². The van der Waals surface area contributed by atoms with Gasteiger partial charge in [0.1, 0.15) is 4.90 Å². The molecule has 1 aliphatic heterocycles. The summed E-state index contributed by atoms with van der Waals surface area (Å²) in [7, 11) is -3.51. The fourth-order valence-corrected chi connectivity index (χ4v) is 4.25. The molecule has 0 aromatic heterocycles. The minimum Gasteiger partial charge on any atom is -0.398 e. The first-order valence-corrected chi connectivity index (χ1v) is 9.04. The summed E-state index contributed by atoms with van der Waals surface area (Å²) >= 11 is 0. The van der Waals surface area contributed by atoms with Gasteiger partial charge in [0, 0.05) is 19.1 Å². The van der Waals surface area contributed by atoms with Crippen molar-refractivity contribution in [2.24, 2.45) is 5.92 Å². The number of hydrogen-bond acceptors (Lipinski definition) is 4. The summed E-state index contributed by atoms with van der Waals surface area (Å²) in [5, 5.41) is 0. The molecule has 6 heteroatoms. The molecule has 3 N–H and O–H groups in total. The third-order valence-electron chi connectivity index (χ3n) is 4.40. The largest absolute Gasteiger partial charge is 0.398 e. The van der Waals surface area contributed by atoms with Gasteiger partial charge < -0.3 is 10.6 Å². The molecule has 1 aromatic rings. The topological polar surface area (TPSA) is 75.4 Å². The summed E-state index contributed by atoms with van der Waals surface area (Å²) in [4.78, 5) is 2.67. The lowest BCUT2D eigenvalue weighted by Crippen LogP contribution is -2.32. The molecule has 1 saturated carbocycles. The highest BCUT2D eigenvalue weighted by Gasteiger charge is 2.34. The van der Waals surface area contributed by atoms with Crippen LogP contribution in [-0.4, -0.2) is 39.0 Å². The first-order valence-electron chi connectivity index (χ1n) is 7.55. The zero-order valence-corrected chi connectivity index (χ0v) is 13.2. The van der Waals surface area contributed by atoms with Gasteiger partial charge in [-0.05, 0) is 56.3 Å². The Morgan fingerprint density at radius 1 is 1.33 bits per heavy atom. The van der Waals surface area contributed by atoms with Gasteiger partial charge in [0.2, 0.25) is 10.0 Å². The quantitative estimate of drug-likeness (QED) is 0.805. The number of nitrogen functional groups attached to an aromatic ring is 1. The average molecular weight is 309 g/mol. The van der Waals surface area contributed by atoms with Crippen molar-refractivity contribution in [2.75, 3.05) is 25.4 Å². The Morgan fingerprint density at radius 3 is 2.76 bits per heavy atom. The van der Waals surface area contributed by atoms with Crippen molar-refractivity contribution in [1.82, 2.24) is 9.62 Å². The van der Waals surface area contributed by atoms with Crippen molar-refractivity contribution in [3.05, 3.63) is 23.8 Å². The molecule has 1 aromatic carbocycles. The Hall–Kier alpha value is -1.11. The van der Waals surface area contributed by atoms with E-state index in [1.54, 1.807) is 18.2 Å². The first kappa shape index (κ1) is 14.8. The molecule has 3 rings (SSSR count). The van der Waals surface area contributed by atoms with Crippen LogP contribution in [0, 0.1) is 12.8 Å². The summed E-state index contributed by atoms with van der Waals surface area (Å²) in [5.41, 5.74) is 7.11. The number of hydrogen-bond donors (Lipinski definition) is 2. The first-order chi connectivity index (χ1) is 9.95. The van der Waals surface area contributed by atoms with Crippen molar-refractivity contribution in [1.29, 1.82) is 0 Å². The van der Waals surface area contributed by atoms with Crippen LogP contribution >= 0.6 is 0 Å². The lowest BCUT2D eigenvalue weighted by Gasteiger charge is -2.15. The molecule has 1 saturated heterocycles. The predicted octanol–water partition coefficient (Wildman–Crippen LogP) is 1.34. The van der Waals surface area contributed by atoms with E-state index in [0.717, 1.165) is 31.1 Å². The number of benzene rings is 1. The molecular weight excluding hydrogens is 286 g/mol. The lowest BCUT2D eigenvalue weighted by molar-refractivity contribution is 0.314. The van der Waals surface area contributed by atoms with E-state index >= 15 is 0 Å². The molecule has 0 amide bonds. The molecule has 0 bridgehead atoms. The molecule has 1 aliphatic carbocycles. The number of rotatable bonds is 5. The Morgan fingerprint density at radius 2 is 2.10 bits per heavy atom. The molecule has 21 heavy (non-hydrogen) atoms. The van der Waals surface area contributed by atoms with Gasteiger partial charge in [0.15, 0.2) is 0 Å². The summed E-state index contributed by atoms with van der Waals surface area (Å²) in [5.74, 6) is 0.409. The minimum absolute atomic E-state index is 0.185. The maximum atomic E-state index is 12.3. The second-order valence-corrected chi connectivity index (χ2v) is 8.01. The highest BCUT2D eigenvalue weighted by molar-refractivity contribution is 7.89. The lowest BCUT2D eigenvalue weighted by atomic mass is 10.1. The van der Waals surface area contributed by atoms with E-state index in [-0.39, 0.29) is 4.90 Å². The van der Waals surface area contributed by atoms with Crippen LogP contribution in [0.1, 0.15) is 24.8 Å². The Bertz CT molecular complexity index is 626. The smallest absolute Gasteiger partial charge is 0.242 e. The fourth-order valence-electron chi connectivity index (χ4n) is 3.02. The molecule has 2 fully saturated rings. The van der Waals surface area contributed by atoms with Crippen LogP contribution in [0.4, 0.5) is 5.69 Å². The van der Waals surface area contributed by atoms with Gasteiger partial charge in [-0.15, -0.1) is 0 Å². The van der Waals surface area contributed by atoms with E-state index in [0.29, 0.717) is 18.2 Å². The summed E-state index contributed by atoms with van der Waals surface area (Å²) in [6.45, 7) is 4.50. The highest BCUT2D eigenvalue weighted by Crippen LogP contribution is 2.31. The summed E-state index contributed by atoms with van der Waals surface area (Å²) in [6, 6.07) is 5.81. The zero-order chi connectivity index (χ0) is 15.0. The van der Waals surface area contributed by atoms with Crippen LogP contribution in [0.5, 0.6) is 0 Å². The van der Waals surface area contributed by atoms with Crippen molar-refractivity contribution >= 4 is 15.7 Å². The number of anilines is 1. The number of nitrogens with two attached hydrogens (primary N) is 1. The number of nitrogens with zero attached hydrogens (tertiary/aromatic N) is 1. The maximum Gasteiger partial charge on any atom is 0.242 e. The number of nitrogens with one attached hydrogen (secondary N) is 1. The Kier molecular flexibility index (Phi) is 3.94. The molecule has 2 aliphatic rings. The van der Waals surface area contributed by atoms with Gasteiger partial charge in [-0.25, -0.2) is 13.1 Å². The van der Waals surface area contributed by atoms with Crippen molar-refractivity contribution in [3.8, 4) is 0 Å². The Labute approximate surface area is 126 Å². The van der Waals surface area contributed by atoms with Gasteiger partial charge in [-0.1, -0.05) is 6.07 Å². The molecule has 1 atom stereocenters. The molecule has 0 spiro atoms. The van der Waals surface area contributed by atoms with E-state index in [9.17, 15) is 8.42 Å². The van der Waals surface area contributed by atoms with E-state index in [2.05, 4.69) is 9.62 Å². The van der Waals surface area contributed by atoms with Gasteiger partial charge in [0.05, 0.1) is 5.69 Å². The molecule has 1 unspecified atom stereocenters. The van der Waals surface area contributed by atoms with Gasteiger partial charge in [-0.3, -0.25) is 0 Å². The minimum atomic E-state index is -3.51. The monoisotopic (exact) mass is 309 g/mol. The zero-order valence-electron chi connectivity index (χ0n) is 12.4. The van der Waals surface area contributed by atoms with E-state index in [1.807, 2.05) is 6.92 Å². The molecule has 5 nitrogen and oxygen atoms in total. The predicted molar refractivity (Wildman–Crippen MR) is 83.5 cm³/mol. The van der Waals surface area contributed by atoms with E-state index < -0.39 is 10.0 Å². The van der Waals surface area contributed by atoms with Gasteiger partial charge in [0.25, 0.3) is 0 Å². The molecule has 116 valence electrons. The second-order valence-electron chi connectivity index (χ2n) is 6.27. The number of likely N-dealkylation sites (tertiary alicyclic amines) is 1. The fraction of sp³-hybridized carbons (Fsp3) is 0.600. The standard InChI is InChI=1S/C15H23N3O2S/c1-11-2-5-15(14(16)8-11)21(19,20)17-9-12-6-7-18(10-12)13-3-4-13/h2,5,8,12-13,17H,3-4,6-7,9-10,16H2,1H3. The normalized spacial score (nSPS) is 23.6. The third kappa shape index (κ3) is 3.39. The average Bonchev–Trinajstić information content (AvgIpc) is 3.15. The SMILES string of the molecule is Cc1ccc(S(=O)(=O)NCC2CCN(C3CC3)C2)c(N)c1. The van der Waals surface area contributed by atoms with Gasteiger partial charge in [-0.2, -0.15) is 0 Å². The van der Waals surface area contributed by atoms with Crippen LogP contribution in [0.15, 0.2) is 23.1 Å².